The molecule has 0 bridgehead atoms. The van der Waals surface area contributed by atoms with Crippen LogP contribution in [0.2, 0.25) is 0 Å². The number of aromatic nitrogens is 3. The van der Waals surface area contributed by atoms with Gasteiger partial charge < -0.3 is 15.8 Å². The fourth-order valence-corrected chi connectivity index (χ4v) is 1.18. The predicted molar refractivity (Wildman–Crippen MR) is 44.7 cm³/mol. The molecule has 4 N–H and O–H groups in total. The summed E-state index contributed by atoms with van der Waals surface area (Å²) >= 11 is 0. The van der Waals surface area contributed by atoms with E-state index in [1.165, 1.54) is 0 Å². The van der Waals surface area contributed by atoms with E-state index in [9.17, 15) is 5.11 Å². The van der Waals surface area contributed by atoms with Crippen LogP contribution in [0.3, 0.4) is 0 Å². The maximum Gasteiger partial charge on any atom is 0.225 e. The highest BCUT2D eigenvalue weighted by atomic mass is 16.3. The first-order valence-corrected chi connectivity index (χ1v) is 3.48. The third kappa shape index (κ3) is 0.795. The van der Waals surface area contributed by atoms with Gasteiger partial charge in [-0.2, -0.15) is 9.97 Å². The molecule has 0 aliphatic carbocycles. The van der Waals surface area contributed by atoms with Gasteiger partial charge in [-0.3, -0.25) is 0 Å². The lowest BCUT2D eigenvalue weighted by Crippen LogP contribution is -1.94. The molecular formula is C7H8N4O. The summed E-state index contributed by atoms with van der Waals surface area (Å²) in [4.78, 5) is 10.4. The fourth-order valence-electron chi connectivity index (χ4n) is 1.18. The van der Waals surface area contributed by atoms with E-state index in [1.54, 1.807) is 6.20 Å². The Balaban J connectivity index is 2.93. The Labute approximate surface area is 68.3 Å². The van der Waals surface area contributed by atoms with Crippen molar-refractivity contribution in [1.82, 2.24) is 15.0 Å². The minimum Gasteiger partial charge on any atom is -0.493 e. The standard InChI is InChI=1S/C7H8N4O/c1-3-2-9-5-4(3)6(12)11-7(8)10-5/h2H,1H3,(H4,8,9,10,11,12). The number of nitrogens with two attached hydrogens (primary N) is 1. The Hall–Kier alpha value is -1.78. The van der Waals surface area contributed by atoms with Gasteiger partial charge >= 0.3 is 0 Å². The second-order valence-corrected chi connectivity index (χ2v) is 2.60. The molecule has 2 aromatic heterocycles. The van der Waals surface area contributed by atoms with E-state index in [-0.39, 0.29) is 11.8 Å². The molecule has 0 radical (unpaired) electrons. The molecule has 0 aromatic carbocycles. The number of nitrogens with zero attached hydrogens (tertiary/aromatic N) is 2. The summed E-state index contributed by atoms with van der Waals surface area (Å²) in [6.45, 7) is 1.86. The van der Waals surface area contributed by atoms with Gasteiger partial charge in [-0.15, -0.1) is 0 Å². The van der Waals surface area contributed by atoms with Crippen molar-refractivity contribution >= 4 is 17.0 Å². The first-order valence-electron chi connectivity index (χ1n) is 3.48. The van der Waals surface area contributed by atoms with Gasteiger partial charge in [-0.1, -0.05) is 0 Å². The highest BCUT2D eigenvalue weighted by Gasteiger charge is 2.08. The van der Waals surface area contributed by atoms with Gasteiger partial charge in [-0.05, 0) is 12.5 Å². The molecule has 0 atom stereocenters. The molecular weight excluding hydrogens is 156 g/mol. The number of hydrogen-bond acceptors (Lipinski definition) is 4. The van der Waals surface area contributed by atoms with E-state index in [4.69, 9.17) is 5.73 Å². The highest BCUT2D eigenvalue weighted by molar-refractivity contribution is 5.85. The van der Waals surface area contributed by atoms with Crippen LogP contribution in [-0.4, -0.2) is 20.1 Å². The van der Waals surface area contributed by atoms with Crippen LogP contribution in [0.15, 0.2) is 6.20 Å². The number of nitrogens with one attached hydrogen (secondary N) is 1. The van der Waals surface area contributed by atoms with Gasteiger partial charge in [0.05, 0.1) is 5.39 Å². The lowest BCUT2D eigenvalue weighted by atomic mass is 10.3. The number of H-pyrrole nitrogens is 1. The van der Waals surface area contributed by atoms with E-state index in [0.717, 1.165) is 5.56 Å². The van der Waals surface area contributed by atoms with Gasteiger partial charge in [-0.25, -0.2) is 0 Å². The van der Waals surface area contributed by atoms with Crippen LogP contribution in [0.4, 0.5) is 5.95 Å². The third-order valence-electron chi connectivity index (χ3n) is 1.73. The average Bonchev–Trinajstić information content (AvgIpc) is 2.31. The Morgan fingerprint density at radius 1 is 1.50 bits per heavy atom. The SMILES string of the molecule is Cc1c[nH]c2nc(N)nc(O)c12. The number of aromatic hydroxyl groups is 1. The van der Waals surface area contributed by atoms with Crippen LogP contribution >= 0.6 is 0 Å². The molecule has 62 valence electrons. The zero-order valence-electron chi connectivity index (χ0n) is 6.50. The lowest BCUT2D eigenvalue weighted by molar-refractivity contribution is 0.460. The Morgan fingerprint density at radius 2 is 2.25 bits per heavy atom. The second kappa shape index (κ2) is 2.10. The van der Waals surface area contributed by atoms with Crippen LogP contribution in [-0.2, 0) is 0 Å². The lowest BCUT2D eigenvalue weighted by Gasteiger charge is -1.96. The number of aromatic amines is 1. The maximum absolute atomic E-state index is 9.37. The van der Waals surface area contributed by atoms with Crippen LogP contribution < -0.4 is 5.73 Å². The highest BCUT2D eigenvalue weighted by Crippen LogP contribution is 2.24. The molecule has 0 saturated heterocycles. The summed E-state index contributed by atoms with van der Waals surface area (Å²) in [5.41, 5.74) is 6.80. The molecule has 2 heterocycles. The van der Waals surface area contributed by atoms with Gasteiger partial charge in [0.2, 0.25) is 11.8 Å². The molecule has 0 fully saturated rings. The van der Waals surface area contributed by atoms with Crippen LogP contribution in [0, 0.1) is 6.92 Å². The molecule has 0 unspecified atom stereocenters. The largest absolute Gasteiger partial charge is 0.493 e. The number of nitrogen functional groups attached to an aromatic ring is 1. The van der Waals surface area contributed by atoms with Crippen LogP contribution in [0.5, 0.6) is 5.88 Å². The predicted octanol–water partition coefficient (Wildman–Crippen LogP) is 0.554. The van der Waals surface area contributed by atoms with Crippen LogP contribution in [0.25, 0.3) is 11.0 Å². The zero-order chi connectivity index (χ0) is 8.72. The van der Waals surface area contributed by atoms with Gasteiger partial charge in [0.1, 0.15) is 5.65 Å². The molecule has 0 aliphatic rings. The summed E-state index contributed by atoms with van der Waals surface area (Å²) in [5, 5.41) is 10.00. The smallest absolute Gasteiger partial charge is 0.225 e. The van der Waals surface area contributed by atoms with Crippen LogP contribution in [0.1, 0.15) is 5.56 Å². The molecule has 2 rings (SSSR count). The summed E-state index contributed by atoms with van der Waals surface area (Å²) in [6, 6.07) is 0. The molecule has 0 spiro atoms. The van der Waals surface area contributed by atoms with Crippen molar-refractivity contribution in [1.29, 1.82) is 0 Å². The number of anilines is 1. The number of hydrogen-bond donors (Lipinski definition) is 3. The van der Waals surface area contributed by atoms with E-state index < -0.39 is 0 Å². The van der Waals surface area contributed by atoms with Gasteiger partial charge in [0.15, 0.2) is 0 Å². The van der Waals surface area contributed by atoms with Gasteiger partial charge in [0.25, 0.3) is 0 Å². The topological polar surface area (TPSA) is 87.8 Å². The van der Waals surface area contributed by atoms with Crippen molar-refractivity contribution in [3.05, 3.63) is 11.8 Å². The quantitative estimate of drug-likeness (QED) is 0.530. The fraction of sp³-hybridized carbons (Fsp3) is 0.143. The molecule has 0 amide bonds. The maximum atomic E-state index is 9.37. The van der Waals surface area contributed by atoms with E-state index >= 15 is 0 Å². The molecule has 5 heteroatoms. The summed E-state index contributed by atoms with van der Waals surface area (Å²) in [6.07, 6.45) is 1.75. The van der Waals surface area contributed by atoms with Gasteiger partial charge in [0, 0.05) is 6.20 Å². The minimum atomic E-state index is -0.0729. The van der Waals surface area contributed by atoms with Crippen molar-refractivity contribution in [3.8, 4) is 5.88 Å². The Bertz CT molecular complexity index is 434. The molecule has 12 heavy (non-hydrogen) atoms. The molecule has 0 saturated carbocycles. The number of fused-ring (bicyclic) bond motifs is 1. The number of rotatable bonds is 0. The molecule has 5 nitrogen and oxygen atoms in total. The van der Waals surface area contributed by atoms with E-state index in [0.29, 0.717) is 11.0 Å². The monoisotopic (exact) mass is 164 g/mol. The summed E-state index contributed by atoms with van der Waals surface area (Å²) in [5.74, 6) is -0.00176. The Kier molecular flexibility index (Phi) is 1.21. The first kappa shape index (κ1) is 6.90. The average molecular weight is 164 g/mol. The third-order valence-corrected chi connectivity index (χ3v) is 1.73. The van der Waals surface area contributed by atoms with E-state index in [1.807, 2.05) is 6.92 Å². The Morgan fingerprint density at radius 3 is 3.00 bits per heavy atom. The second-order valence-electron chi connectivity index (χ2n) is 2.60. The normalized spacial score (nSPS) is 10.8. The zero-order valence-corrected chi connectivity index (χ0v) is 6.50. The van der Waals surface area contributed by atoms with Crippen molar-refractivity contribution in [3.63, 3.8) is 0 Å². The van der Waals surface area contributed by atoms with Crippen molar-refractivity contribution in [2.75, 3.05) is 5.73 Å². The van der Waals surface area contributed by atoms with Crippen molar-refractivity contribution in [2.24, 2.45) is 0 Å². The summed E-state index contributed by atoms with van der Waals surface area (Å²) in [7, 11) is 0. The molecule has 2 aromatic rings. The van der Waals surface area contributed by atoms with Crippen molar-refractivity contribution in [2.45, 2.75) is 6.92 Å². The first-order chi connectivity index (χ1) is 5.68. The van der Waals surface area contributed by atoms with Crippen molar-refractivity contribution < 1.29 is 5.11 Å². The minimum absolute atomic E-state index is 0.0712. The molecule has 0 aliphatic heterocycles. The number of aryl methyl sites for hydroxylation is 1. The summed E-state index contributed by atoms with van der Waals surface area (Å²) < 4.78 is 0. The van der Waals surface area contributed by atoms with E-state index in [2.05, 4.69) is 15.0 Å².